The van der Waals surface area contributed by atoms with E-state index in [4.69, 9.17) is 10.7 Å². The van der Waals surface area contributed by atoms with Gasteiger partial charge in [0, 0.05) is 24.2 Å². The summed E-state index contributed by atoms with van der Waals surface area (Å²) in [5, 5.41) is 6.53. The van der Waals surface area contributed by atoms with E-state index in [2.05, 4.69) is 25.2 Å². The van der Waals surface area contributed by atoms with Crippen molar-refractivity contribution in [3.05, 3.63) is 36.0 Å². The molecular formula is C23H29F2N7. The van der Waals surface area contributed by atoms with Crippen molar-refractivity contribution in [2.75, 3.05) is 10.6 Å². The number of fused-ring (bicyclic) bond motifs is 1. The molecule has 4 N–H and O–H groups in total. The fourth-order valence-electron chi connectivity index (χ4n) is 4.89. The largest absolute Gasteiger partial charge is 0.351 e. The molecule has 2 aliphatic carbocycles. The van der Waals surface area contributed by atoms with Gasteiger partial charge in [0.2, 0.25) is 11.9 Å². The first-order chi connectivity index (χ1) is 15.6. The van der Waals surface area contributed by atoms with Crippen LogP contribution in [0.2, 0.25) is 0 Å². The summed E-state index contributed by atoms with van der Waals surface area (Å²) in [7, 11) is 0. The van der Waals surface area contributed by atoms with Crippen LogP contribution in [0.5, 0.6) is 0 Å². The third kappa shape index (κ3) is 4.39. The second kappa shape index (κ2) is 8.97. The molecular weight excluding hydrogens is 412 g/mol. The van der Waals surface area contributed by atoms with Crippen molar-refractivity contribution in [3.8, 4) is 0 Å². The Balaban J connectivity index is 1.49. The van der Waals surface area contributed by atoms with Gasteiger partial charge in [0.05, 0.1) is 11.9 Å². The first-order valence-corrected chi connectivity index (χ1v) is 11.6. The Labute approximate surface area is 185 Å². The van der Waals surface area contributed by atoms with Gasteiger partial charge in [-0.2, -0.15) is 4.98 Å². The van der Waals surface area contributed by atoms with E-state index in [1.807, 2.05) is 0 Å². The highest BCUT2D eigenvalue weighted by Crippen LogP contribution is 2.35. The maximum Gasteiger partial charge on any atom is 0.224 e. The minimum atomic E-state index is -0.656. The van der Waals surface area contributed by atoms with Crippen LogP contribution in [0, 0.1) is 11.6 Å². The molecule has 2 aliphatic rings. The van der Waals surface area contributed by atoms with Crippen LogP contribution in [0.15, 0.2) is 24.4 Å². The van der Waals surface area contributed by atoms with E-state index in [0.29, 0.717) is 23.5 Å². The molecule has 32 heavy (non-hydrogen) atoms. The second-order valence-electron chi connectivity index (χ2n) is 9.00. The van der Waals surface area contributed by atoms with Crippen LogP contribution in [0.1, 0.15) is 63.8 Å². The monoisotopic (exact) mass is 441 g/mol. The van der Waals surface area contributed by atoms with Crippen molar-refractivity contribution >= 4 is 28.7 Å². The lowest BCUT2D eigenvalue weighted by Crippen LogP contribution is -2.33. The van der Waals surface area contributed by atoms with Crippen LogP contribution >= 0.6 is 0 Å². The molecule has 1 aromatic carbocycles. The topological polar surface area (TPSA) is 93.7 Å². The number of hydrogen-bond acceptors (Lipinski definition) is 6. The average molecular weight is 442 g/mol. The van der Waals surface area contributed by atoms with E-state index in [9.17, 15) is 8.78 Å². The molecule has 5 rings (SSSR count). The summed E-state index contributed by atoms with van der Waals surface area (Å²) in [5.74, 6) is -0.183. The molecule has 0 unspecified atom stereocenters. The van der Waals surface area contributed by atoms with Gasteiger partial charge in [-0.1, -0.05) is 19.3 Å². The molecule has 2 fully saturated rings. The summed E-state index contributed by atoms with van der Waals surface area (Å²) in [4.78, 5) is 14.0. The van der Waals surface area contributed by atoms with Crippen LogP contribution < -0.4 is 16.4 Å². The predicted molar refractivity (Wildman–Crippen MR) is 121 cm³/mol. The lowest BCUT2D eigenvalue weighted by molar-refractivity contribution is 0.361. The van der Waals surface area contributed by atoms with Crippen molar-refractivity contribution in [2.24, 2.45) is 5.73 Å². The van der Waals surface area contributed by atoms with E-state index in [-0.39, 0.29) is 17.8 Å². The zero-order valence-electron chi connectivity index (χ0n) is 18.0. The Morgan fingerprint density at radius 1 is 0.969 bits per heavy atom. The molecule has 0 amide bonds. The molecule has 2 heterocycles. The standard InChI is InChI=1S/C23H29F2N7/c24-14-6-11-19(18(25)12-14)29-23-30-20-13-27-22(28-16-9-7-15(26)8-10-16)31-21(20)32(23)17-4-2-1-3-5-17/h6,11-13,15-17H,1-5,7-10,26H2,(H,29,30)(H,27,28,31). The third-order valence-corrected chi connectivity index (χ3v) is 6.66. The number of nitrogens with one attached hydrogen (secondary N) is 2. The lowest BCUT2D eigenvalue weighted by atomic mass is 9.92. The van der Waals surface area contributed by atoms with Crippen LogP contribution in [-0.4, -0.2) is 31.6 Å². The predicted octanol–water partition coefficient (Wildman–Crippen LogP) is 5.04. The highest BCUT2D eigenvalue weighted by molar-refractivity contribution is 5.76. The summed E-state index contributed by atoms with van der Waals surface area (Å²) >= 11 is 0. The van der Waals surface area contributed by atoms with Crippen LogP contribution in [-0.2, 0) is 0 Å². The summed E-state index contributed by atoms with van der Waals surface area (Å²) < 4.78 is 29.8. The van der Waals surface area contributed by atoms with Crippen molar-refractivity contribution in [2.45, 2.75) is 75.9 Å². The highest BCUT2D eigenvalue weighted by atomic mass is 19.1. The van der Waals surface area contributed by atoms with E-state index in [1.165, 1.54) is 18.6 Å². The summed E-state index contributed by atoms with van der Waals surface area (Å²) in [5.41, 5.74) is 7.59. The van der Waals surface area contributed by atoms with E-state index in [1.54, 1.807) is 6.20 Å². The Bertz CT molecular complexity index is 1090. The molecule has 2 aromatic heterocycles. The molecule has 2 saturated carbocycles. The molecule has 0 spiro atoms. The van der Waals surface area contributed by atoms with Gasteiger partial charge in [-0.05, 0) is 50.7 Å². The molecule has 0 radical (unpaired) electrons. The van der Waals surface area contributed by atoms with E-state index < -0.39 is 11.6 Å². The average Bonchev–Trinajstić information content (AvgIpc) is 3.15. The zero-order valence-corrected chi connectivity index (χ0v) is 18.0. The number of nitrogens with zero attached hydrogens (tertiary/aromatic N) is 4. The minimum absolute atomic E-state index is 0.184. The van der Waals surface area contributed by atoms with Crippen molar-refractivity contribution in [1.82, 2.24) is 19.5 Å². The fourth-order valence-corrected chi connectivity index (χ4v) is 4.89. The number of nitrogens with two attached hydrogens (primary N) is 1. The number of anilines is 3. The van der Waals surface area contributed by atoms with Crippen molar-refractivity contribution < 1.29 is 8.78 Å². The number of imidazole rings is 1. The maximum absolute atomic E-state index is 14.3. The Morgan fingerprint density at radius 2 is 1.75 bits per heavy atom. The second-order valence-corrected chi connectivity index (χ2v) is 9.00. The van der Waals surface area contributed by atoms with Crippen LogP contribution in [0.25, 0.3) is 11.2 Å². The van der Waals surface area contributed by atoms with Crippen molar-refractivity contribution in [3.63, 3.8) is 0 Å². The van der Waals surface area contributed by atoms with Crippen LogP contribution in [0.4, 0.5) is 26.4 Å². The van der Waals surface area contributed by atoms with E-state index >= 15 is 0 Å². The SMILES string of the molecule is NC1CCC(Nc2ncc3nc(Nc4ccc(F)cc4F)n(C4CCCCC4)c3n2)CC1. The summed E-state index contributed by atoms with van der Waals surface area (Å²) in [6.45, 7) is 0. The molecule has 0 saturated heterocycles. The lowest BCUT2D eigenvalue weighted by Gasteiger charge is -2.27. The number of halogens is 2. The van der Waals surface area contributed by atoms with Gasteiger partial charge in [0.1, 0.15) is 17.2 Å². The first kappa shape index (κ1) is 21.1. The number of benzene rings is 1. The van der Waals surface area contributed by atoms with Gasteiger partial charge in [-0.25, -0.2) is 18.7 Å². The molecule has 0 bridgehead atoms. The maximum atomic E-state index is 14.3. The first-order valence-electron chi connectivity index (χ1n) is 11.6. The third-order valence-electron chi connectivity index (χ3n) is 6.66. The van der Waals surface area contributed by atoms with Gasteiger partial charge in [-0.15, -0.1) is 0 Å². The van der Waals surface area contributed by atoms with E-state index in [0.717, 1.165) is 63.1 Å². The molecule has 0 aliphatic heterocycles. The number of aromatic nitrogens is 4. The molecule has 170 valence electrons. The van der Waals surface area contributed by atoms with Gasteiger partial charge in [0.15, 0.2) is 5.65 Å². The van der Waals surface area contributed by atoms with Gasteiger partial charge < -0.3 is 16.4 Å². The minimum Gasteiger partial charge on any atom is -0.351 e. The molecule has 0 atom stereocenters. The van der Waals surface area contributed by atoms with Crippen molar-refractivity contribution in [1.29, 1.82) is 0 Å². The van der Waals surface area contributed by atoms with Gasteiger partial charge >= 0.3 is 0 Å². The number of hydrogen-bond donors (Lipinski definition) is 3. The Kier molecular flexibility index (Phi) is 5.91. The molecule has 7 nitrogen and oxygen atoms in total. The van der Waals surface area contributed by atoms with Gasteiger partial charge in [-0.3, -0.25) is 4.57 Å². The quantitative estimate of drug-likeness (QED) is 0.514. The summed E-state index contributed by atoms with van der Waals surface area (Å²) in [6.07, 6.45) is 11.2. The van der Waals surface area contributed by atoms with Crippen LogP contribution in [0.3, 0.4) is 0 Å². The molecule has 9 heteroatoms. The zero-order chi connectivity index (χ0) is 22.1. The Hall–Kier alpha value is -2.81. The van der Waals surface area contributed by atoms with Gasteiger partial charge in [0.25, 0.3) is 0 Å². The fraction of sp³-hybridized carbons (Fsp3) is 0.522. The summed E-state index contributed by atoms with van der Waals surface area (Å²) in [6, 6.07) is 4.30. The number of rotatable bonds is 5. The molecule has 3 aromatic rings. The normalized spacial score (nSPS) is 22.2. The highest BCUT2D eigenvalue weighted by Gasteiger charge is 2.25. The Morgan fingerprint density at radius 3 is 2.50 bits per heavy atom. The smallest absolute Gasteiger partial charge is 0.224 e.